The van der Waals surface area contributed by atoms with Crippen LogP contribution in [0, 0.1) is 0 Å². The van der Waals surface area contributed by atoms with Crippen molar-refractivity contribution in [2.24, 2.45) is 0 Å². The average molecular weight is 353 g/mol. The van der Waals surface area contributed by atoms with Crippen LogP contribution < -0.4 is 16.2 Å². The summed E-state index contributed by atoms with van der Waals surface area (Å²) in [4.78, 5) is 36.5. The Morgan fingerprint density at radius 3 is 2.62 bits per heavy atom. The van der Waals surface area contributed by atoms with E-state index in [0.29, 0.717) is 25.9 Å². The van der Waals surface area contributed by atoms with Gasteiger partial charge in [0, 0.05) is 44.2 Å². The van der Waals surface area contributed by atoms with Gasteiger partial charge in [0.2, 0.25) is 5.95 Å². The summed E-state index contributed by atoms with van der Waals surface area (Å²) < 4.78 is 0. The minimum absolute atomic E-state index is 0.209. The average Bonchev–Trinajstić information content (AvgIpc) is 3.09. The molecule has 2 aliphatic heterocycles. The number of rotatable bonds is 2. The number of amides is 1. The summed E-state index contributed by atoms with van der Waals surface area (Å²) in [6, 6.07) is 2.75. The molecule has 0 saturated carbocycles. The number of carbonyl (C=O) groups excluding carboxylic acids is 1. The molecule has 1 amide bonds. The van der Waals surface area contributed by atoms with Gasteiger partial charge in [-0.05, 0) is 12.5 Å². The van der Waals surface area contributed by atoms with E-state index < -0.39 is 0 Å². The third-order valence-corrected chi connectivity index (χ3v) is 4.64. The molecule has 0 radical (unpaired) electrons. The topological polar surface area (TPSA) is 121 Å². The molecule has 2 aromatic heterocycles. The maximum Gasteiger partial charge on any atom is 0.274 e. The summed E-state index contributed by atoms with van der Waals surface area (Å²) in [6.45, 7) is 2.65. The van der Waals surface area contributed by atoms with E-state index in [4.69, 9.17) is 5.73 Å². The molecule has 2 aliphatic rings. The number of hydrogen-bond donors (Lipinski definition) is 2. The number of carbonyl (C=O) groups is 1. The molecule has 0 unspecified atom stereocenters. The van der Waals surface area contributed by atoms with Crippen molar-refractivity contribution in [3.63, 3.8) is 0 Å². The monoisotopic (exact) mass is 353 g/mol. The molecule has 0 aromatic carbocycles. The molecule has 9 heteroatoms. The number of aromatic amines is 1. The fraction of sp³-hybridized carbons (Fsp3) is 0.353. The van der Waals surface area contributed by atoms with Gasteiger partial charge in [0.25, 0.3) is 11.5 Å². The Labute approximate surface area is 149 Å². The molecule has 134 valence electrons. The number of H-pyrrole nitrogens is 1. The highest BCUT2D eigenvalue weighted by Crippen LogP contribution is 2.27. The van der Waals surface area contributed by atoms with Crippen LogP contribution in [0.1, 0.15) is 21.7 Å². The van der Waals surface area contributed by atoms with Crippen molar-refractivity contribution in [2.45, 2.75) is 12.8 Å². The van der Waals surface area contributed by atoms with Crippen LogP contribution in [0.3, 0.4) is 0 Å². The van der Waals surface area contributed by atoms with Crippen LogP contribution in [0.2, 0.25) is 0 Å². The van der Waals surface area contributed by atoms with Crippen LogP contribution in [0.4, 0.5) is 11.8 Å². The number of fused-ring (bicyclic) bond motifs is 1. The lowest BCUT2D eigenvalue weighted by Gasteiger charge is -2.21. The Hall–Kier alpha value is -3.23. The molecule has 0 spiro atoms. The third-order valence-electron chi connectivity index (χ3n) is 4.64. The van der Waals surface area contributed by atoms with Crippen LogP contribution in [0.25, 0.3) is 0 Å². The minimum Gasteiger partial charge on any atom is -0.368 e. The first-order valence-corrected chi connectivity index (χ1v) is 8.52. The van der Waals surface area contributed by atoms with E-state index in [1.54, 1.807) is 4.90 Å². The van der Waals surface area contributed by atoms with Gasteiger partial charge < -0.3 is 15.5 Å². The maximum absolute atomic E-state index is 12.7. The summed E-state index contributed by atoms with van der Waals surface area (Å²) in [6.07, 6.45) is 5.44. The normalized spacial score (nSPS) is 16.5. The van der Waals surface area contributed by atoms with Gasteiger partial charge in [-0.2, -0.15) is 10.1 Å². The van der Waals surface area contributed by atoms with E-state index in [-0.39, 0.29) is 23.1 Å². The van der Waals surface area contributed by atoms with Crippen molar-refractivity contribution in [1.29, 1.82) is 0 Å². The van der Waals surface area contributed by atoms with E-state index in [1.807, 2.05) is 0 Å². The first-order chi connectivity index (χ1) is 12.6. The summed E-state index contributed by atoms with van der Waals surface area (Å²) >= 11 is 0. The van der Waals surface area contributed by atoms with Crippen molar-refractivity contribution in [3.05, 3.63) is 51.6 Å². The Kier molecular flexibility index (Phi) is 4.11. The van der Waals surface area contributed by atoms with Crippen molar-refractivity contribution in [2.75, 3.05) is 36.8 Å². The number of aromatic nitrogens is 4. The van der Waals surface area contributed by atoms with E-state index in [9.17, 15) is 9.59 Å². The van der Waals surface area contributed by atoms with Gasteiger partial charge in [-0.15, -0.1) is 0 Å². The molecule has 9 nitrogen and oxygen atoms in total. The predicted molar refractivity (Wildman–Crippen MR) is 96.0 cm³/mol. The second-order valence-corrected chi connectivity index (χ2v) is 6.31. The Bertz CT molecular complexity index is 909. The molecule has 0 fully saturated rings. The molecular weight excluding hydrogens is 334 g/mol. The summed E-state index contributed by atoms with van der Waals surface area (Å²) in [5, 5.41) is 6.14. The van der Waals surface area contributed by atoms with Crippen molar-refractivity contribution < 1.29 is 4.79 Å². The fourth-order valence-electron chi connectivity index (χ4n) is 3.34. The number of nitrogens with two attached hydrogens (primary N) is 1. The summed E-state index contributed by atoms with van der Waals surface area (Å²) in [5.41, 5.74) is 7.74. The first-order valence-electron chi connectivity index (χ1n) is 8.52. The Morgan fingerprint density at radius 1 is 1.12 bits per heavy atom. The Balaban J connectivity index is 1.59. The molecule has 0 atom stereocenters. The first kappa shape index (κ1) is 16.2. The van der Waals surface area contributed by atoms with E-state index in [2.05, 4.69) is 37.2 Å². The molecule has 0 saturated heterocycles. The predicted octanol–water partition coefficient (Wildman–Crippen LogP) is -0.241. The van der Waals surface area contributed by atoms with Crippen molar-refractivity contribution >= 4 is 17.7 Å². The summed E-state index contributed by atoms with van der Waals surface area (Å²) in [7, 11) is 0. The van der Waals surface area contributed by atoms with Crippen LogP contribution >= 0.6 is 0 Å². The van der Waals surface area contributed by atoms with Gasteiger partial charge in [-0.3, -0.25) is 9.59 Å². The number of anilines is 2. The second-order valence-electron chi connectivity index (χ2n) is 6.31. The molecule has 0 bridgehead atoms. The zero-order chi connectivity index (χ0) is 18.1. The highest BCUT2D eigenvalue weighted by atomic mass is 16.2. The van der Waals surface area contributed by atoms with E-state index in [1.165, 1.54) is 12.1 Å². The van der Waals surface area contributed by atoms with Gasteiger partial charge in [0.05, 0.1) is 5.69 Å². The summed E-state index contributed by atoms with van der Waals surface area (Å²) in [5.74, 6) is 0.904. The van der Waals surface area contributed by atoms with Gasteiger partial charge >= 0.3 is 0 Å². The van der Waals surface area contributed by atoms with Crippen molar-refractivity contribution in [1.82, 2.24) is 25.1 Å². The Morgan fingerprint density at radius 2 is 1.88 bits per heavy atom. The lowest BCUT2D eigenvalue weighted by Crippen LogP contribution is -2.34. The molecule has 26 heavy (non-hydrogen) atoms. The number of nitrogens with zero attached hydrogens (tertiary/aromatic N) is 5. The smallest absolute Gasteiger partial charge is 0.274 e. The van der Waals surface area contributed by atoms with Crippen LogP contribution in [0.15, 0.2) is 29.1 Å². The molecule has 0 aliphatic carbocycles. The lowest BCUT2D eigenvalue weighted by molar-refractivity contribution is 0.0755. The van der Waals surface area contributed by atoms with Crippen LogP contribution in [-0.4, -0.2) is 57.2 Å². The zero-order valence-corrected chi connectivity index (χ0v) is 14.2. The lowest BCUT2D eigenvalue weighted by atomic mass is 10.1. The highest BCUT2D eigenvalue weighted by molar-refractivity contribution is 5.92. The quantitative estimate of drug-likeness (QED) is 0.715. The van der Waals surface area contributed by atoms with Crippen LogP contribution in [0.5, 0.6) is 0 Å². The molecular formula is C17H19N7O2. The standard InChI is InChI=1S/C17H19N7O2/c18-17-19-12-6-10-24(16(26)13-3-4-14(25)22-21-13)9-5-11(12)15(20-17)23-7-1-2-8-23/h1-4H,5-10H2,(H,22,25)(H2,18,19,20). The molecule has 4 heterocycles. The second kappa shape index (κ2) is 6.58. The van der Waals surface area contributed by atoms with Crippen LogP contribution in [-0.2, 0) is 12.8 Å². The number of nitrogen functional groups attached to an aromatic ring is 1. The SMILES string of the molecule is Nc1nc2c(c(N3CC=CC3)n1)CCN(C(=O)c1ccc(=O)[nH]n1)CC2. The molecule has 2 aromatic rings. The fourth-order valence-corrected chi connectivity index (χ4v) is 3.34. The van der Waals surface area contributed by atoms with E-state index in [0.717, 1.165) is 30.2 Å². The minimum atomic E-state index is -0.334. The number of hydrogen-bond acceptors (Lipinski definition) is 7. The van der Waals surface area contributed by atoms with Gasteiger partial charge in [-0.25, -0.2) is 10.1 Å². The molecule has 3 N–H and O–H groups in total. The maximum atomic E-state index is 12.7. The van der Waals surface area contributed by atoms with Gasteiger partial charge in [-0.1, -0.05) is 12.2 Å². The van der Waals surface area contributed by atoms with Gasteiger partial charge in [0.1, 0.15) is 11.5 Å². The number of nitrogens with one attached hydrogen (secondary N) is 1. The van der Waals surface area contributed by atoms with E-state index >= 15 is 0 Å². The highest BCUT2D eigenvalue weighted by Gasteiger charge is 2.26. The molecule has 4 rings (SSSR count). The van der Waals surface area contributed by atoms with Gasteiger partial charge in [0.15, 0.2) is 0 Å². The largest absolute Gasteiger partial charge is 0.368 e. The van der Waals surface area contributed by atoms with Crippen molar-refractivity contribution in [3.8, 4) is 0 Å². The zero-order valence-electron chi connectivity index (χ0n) is 14.2. The third kappa shape index (κ3) is 3.03.